The van der Waals surface area contributed by atoms with Crippen molar-refractivity contribution in [2.24, 2.45) is 0 Å². The zero-order valence-electron chi connectivity index (χ0n) is 15.7. The second-order valence-electron chi connectivity index (χ2n) is 7.72. The Labute approximate surface area is 164 Å². The fourth-order valence-corrected chi connectivity index (χ4v) is 4.18. The summed E-state index contributed by atoms with van der Waals surface area (Å²) in [6.45, 7) is 8.88. The van der Waals surface area contributed by atoms with Crippen LogP contribution in [0.1, 0.15) is 40.5 Å². The maximum Gasteiger partial charge on any atom is 0.498 e. The van der Waals surface area contributed by atoms with Crippen LogP contribution in [0.2, 0.25) is 0 Å². The quantitative estimate of drug-likeness (QED) is 0.328. The summed E-state index contributed by atoms with van der Waals surface area (Å²) in [6, 6.07) is 0.206. The Hall–Kier alpha value is -0.825. The molecule has 0 aliphatic carbocycles. The molecule has 0 saturated carbocycles. The first-order chi connectivity index (χ1) is 12.2. The molecule has 26 heavy (non-hydrogen) atoms. The lowest BCUT2D eigenvalue weighted by molar-refractivity contribution is -0.128. The number of carbonyl (C=O) groups is 1. The molecule has 9 heteroatoms. The molecule has 142 valence electrons. The van der Waals surface area contributed by atoms with Crippen molar-refractivity contribution < 1.29 is 14.1 Å². The maximum absolute atomic E-state index is 11.9. The van der Waals surface area contributed by atoms with E-state index >= 15 is 0 Å². The molecule has 0 N–H and O–H groups in total. The summed E-state index contributed by atoms with van der Waals surface area (Å²) >= 11 is 7.25. The molecule has 0 bridgehead atoms. The lowest BCUT2D eigenvalue weighted by Gasteiger charge is -2.32. The molecule has 0 aromatic carbocycles. The van der Waals surface area contributed by atoms with Gasteiger partial charge < -0.3 is 14.2 Å². The number of amides is 1. The highest BCUT2D eigenvalue weighted by Gasteiger charge is 2.51. The highest BCUT2D eigenvalue weighted by atomic mass is 35.5. The molecule has 1 aromatic heterocycles. The molecule has 0 unspecified atom stereocenters. The van der Waals surface area contributed by atoms with E-state index in [1.165, 1.54) is 0 Å². The third-order valence-electron chi connectivity index (χ3n) is 5.39. The number of nitrogens with zero attached hydrogens (tertiary/aromatic N) is 3. The zero-order chi connectivity index (χ0) is 18.9. The molecule has 2 saturated heterocycles. The third-order valence-corrected chi connectivity index (χ3v) is 6.64. The van der Waals surface area contributed by atoms with Crippen molar-refractivity contribution in [2.45, 2.75) is 62.9 Å². The van der Waals surface area contributed by atoms with Gasteiger partial charge in [0, 0.05) is 36.2 Å². The van der Waals surface area contributed by atoms with Gasteiger partial charge in [-0.15, -0.1) is 11.6 Å². The average molecular weight is 398 g/mol. The second-order valence-corrected chi connectivity index (χ2v) is 8.97. The minimum absolute atomic E-state index is 0.00629. The van der Waals surface area contributed by atoms with E-state index in [-0.39, 0.29) is 29.0 Å². The normalized spacial score (nSPS) is 24.3. The first-order valence-electron chi connectivity index (χ1n) is 8.89. The molecule has 2 fully saturated rings. The molecule has 2 aliphatic heterocycles. The predicted molar refractivity (Wildman–Crippen MR) is 104 cm³/mol. The van der Waals surface area contributed by atoms with E-state index in [9.17, 15) is 4.79 Å². The zero-order valence-corrected chi connectivity index (χ0v) is 17.3. The Bertz CT molecular complexity index is 643. The van der Waals surface area contributed by atoms with Crippen molar-refractivity contribution in [2.75, 3.05) is 18.2 Å². The van der Waals surface area contributed by atoms with Crippen molar-refractivity contribution >= 4 is 41.9 Å². The Morgan fingerprint density at radius 1 is 1.31 bits per heavy atom. The summed E-state index contributed by atoms with van der Waals surface area (Å²) in [6.07, 6.45) is 5.54. The van der Waals surface area contributed by atoms with E-state index < -0.39 is 7.12 Å². The van der Waals surface area contributed by atoms with Gasteiger partial charge in [0.1, 0.15) is 5.88 Å². The number of hydrogen-bond acceptors (Lipinski definition) is 6. The molecule has 3 rings (SSSR count). The van der Waals surface area contributed by atoms with Crippen LogP contribution >= 0.6 is 23.4 Å². The largest absolute Gasteiger partial charge is 0.498 e. The van der Waals surface area contributed by atoms with E-state index in [2.05, 4.69) is 9.97 Å². The Balaban J connectivity index is 1.58. The molecule has 0 spiro atoms. The standard InChI is InChI=1S/C17H25BClN3O3S/c1-16(2)17(3,4)25-18(24-16)12-9-20-15(21-10-12)26-11-13-6-5-7-22(13)14(23)8-19/h9-10,13H,5-8,11H2,1-4H3/t13-/m0/s1. The predicted octanol–water partition coefficient (Wildman–Crippen LogP) is 2.10. The lowest BCUT2D eigenvalue weighted by Crippen LogP contribution is -2.41. The fraction of sp³-hybridized carbons (Fsp3) is 0.706. The van der Waals surface area contributed by atoms with Crippen LogP contribution < -0.4 is 5.46 Å². The molecule has 1 aromatic rings. The Morgan fingerprint density at radius 3 is 2.50 bits per heavy atom. The van der Waals surface area contributed by atoms with Gasteiger partial charge in [-0.25, -0.2) is 9.97 Å². The number of halogens is 1. The van der Waals surface area contributed by atoms with Gasteiger partial charge in [0.2, 0.25) is 5.91 Å². The van der Waals surface area contributed by atoms with Crippen LogP contribution in [-0.2, 0) is 14.1 Å². The van der Waals surface area contributed by atoms with E-state index in [4.69, 9.17) is 20.9 Å². The Morgan fingerprint density at radius 2 is 1.92 bits per heavy atom. The number of alkyl halides is 1. The van der Waals surface area contributed by atoms with Crippen LogP contribution in [0.15, 0.2) is 17.6 Å². The lowest BCUT2D eigenvalue weighted by atomic mass is 9.81. The minimum atomic E-state index is -0.453. The van der Waals surface area contributed by atoms with E-state index in [0.717, 1.165) is 30.6 Å². The molecule has 6 nitrogen and oxygen atoms in total. The van der Waals surface area contributed by atoms with Crippen molar-refractivity contribution in [3.63, 3.8) is 0 Å². The molecule has 1 amide bonds. The Kier molecular flexibility index (Phi) is 5.87. The number of likely N-dealkylation sites (tertiary alicyclic amines) is 1. The van der Waals surface area contributed by atoms with E-state index in [1.54, 1.807) is 24.2 Å². The molecule has 3 heterocycles. The van der Waals surface area contributed by atoms with Gasteiger partial charge >= 0.3 is 7.12 Å². The monoisotopic (exact) mass is 397 g/mol. The van der Waals surface area contributed by atoms with Gasteiger partial charge in [0.05, 0.1) is 11.2 Å². The van der Waals surface area contributed by atoms with Crippen LogP contribution in [0.3, 0.4) is 0 Å². The third kappa shape index (κ3) is 4.03. The van der Waals surface area contributed by atoms with Crippen LogP contribution in [0.5, 0.6) is 0 Å². The number of rotatable bonds is 5. The van der Waals surface area contributed by atoms with Gasteiger partial charge in [-0.3, -0.25) is 4.79 Å². The molecule has 2 aliphatic rings. The van der Waals surface area contributed by atoms with Crippen LogP contribution in [0.25, 0.3) is 0 Å². The van der Waals surface area contributed by atoms with Gasteiger partial charge in [0.25, 0.3) is 0 Å². The van der Waals surface area contributed by atoms with Crippen molar-refractivity contribution in [1.82, 2.24) is 14.9 Å². The van der Waals surface area contributed by atoms with Crippen molar-refractivity contribution in [1.29, 1.82) is 0 Å². The SMILES string of the molecule is CC1(C)OB(c2cnc(SC[C@@H]3CCCN3C(=O)CCl)nc2)OC1(C)C. The van der Waals surface area contributed by atoms with Gasteiger partial charge in [0.15, 0.2) is 5.16 Å². The molecular weight excluding hydrogens is 373 g/mol. The smallest absolute Gasteiger partial charge is 0.399 e. The summed E-state index contributed by atoms with van der Waals surface area (Å²) in [7, 11) is -0.453. The highest BCUT2D eigenvalue weighted by Crippen LogP contribution is 2.36. The summed E-state index contributed by atoms with van der Waals surface area (Å²) < 4.78 is 12.0. The van der Waals surface area contributed by atoms with Crippen LogP contribution in [0.4, 0.5) is 0 Å². The number of aromatic nitrogens is 2. The van der Waals surface area contributed by atoms with Crippen LogP contribution in [0, 0.1) is 0 Å². The first kappa shape index (κ1) is 19.9. The van der Waals surface area contributed by atoms with Crippen LogP contribution in [-0.4, -0.2) is 63.3 Å². The van der Waals surface area contributed by atoms with Crippen molar-refractivity contribution in [3.05, 3.63) is 12.4 Å². The molecule has 1 atom stereocenters. The summed E-state index contributed by atoms with van der Waals surface area (Å²) in [5.41, 5.74) is 0.0469. The first-order valence-corrected chi connectivity index (χ1v) is 10.4. The highest BCUT2D eigenvalue weighted by molar-refractivity contribution is 7.99. The maximum atomic E-state index is 11.9. The summed E-state index contributed by atoms with van der Waals surface area (Å²) in [4.78, 5) is 22.6. The topological polar surface area (TPSA) is 64.5 Å². The number of hydrogen-bond donors (Lipinski definition) is 0. The van der Waals surface area contributed by atoms with E-state index in [1.807, 2.05) is 32.6 Å². The summed E-state index contributed by atoms with van der Waals surface area (Å²) in [5, 5.41) is 0.690. The minimum Gasteiger partial charge on any atom is -0.399 e. The van der Waals surface area contributed by atoms with Gasteiger partial charge in [-0.1, -0.05) is 11.8 Å². The second kappa shape index (κ2) is 7.66. The average Bonchev–Trinajstić information content (AvgIpc) is 3.15. The van der Waals surface area contributed by atoms with Crippen molar-refractivity contribution in [3.8, 4) is 0 Å². The molecular formula is C17H25BClN3O3S. The number of carbonyl (C=O) groups excluding carboxylic acids is 1. The van der Waals surface area contributed by atoms with Gasteiger partial charge in [-0.2, -0.15) is 0 Å². The van der Waals surface area contributed by atoms with Gasteiger partial charge in [-0.05, 0) is 40.5 Å². The number of thioether (sulfide) groups is 1. The fourth-order valence-electron chi connectivity index (χ4n) is 3.09. The summed E-state index contributed by atoms with van der Waals surface area (Å²) in [5.74, 6) is 0.825. The molecule has 0 radical (unpaired) electrons. The van der Waals surface area contributed by atoms with E-state index in [0.29, 0.717) is 5.16 Å².